The number of methoxy groups -OCH3 is 1. The van der Waals surface area contributed by atoms with E-state index in [1.54, 1.807) is 31.4 Å². The topological polar surface area (TPSA) is 66.8 Å². The maximum absolute atomic E-state index is 8.80. The molecule has 4 nitrogen and oxygen atoms in total. The summed E-state index contributed by atoms with van der Waals surface area (Å²) in [5, 5.41) is 15.7. The maximum Gasteiger partial charge on any atom is 0.290 e. The van der Waals surface area contributed by atoms with Gasteiger partial charge in [0, 0.05) is 0 Å². The van der Waals surface area contributed by atoms with Crippen LogP contribution in [0.1, 0.15) is 0 Å². The number of hydrogen-bond donors (Lipinski definition) is 2. The molecule has 0 aromatic heterocycles. The highest BCUT2D eigenvalue weighted by atomic mass is 16.5. The van der Waals surface area contributed by atoms with E-state index in [4.69, 9.17) is 19.7 Å². The molecule has 0 amide bonds. The largest absolute Gasteiger partial charge is 0.508 e. The van der Waals surface area contributed by atoms with Gasteiger partial charge in [-0.1, -0.05) is 0 Å². The quantitative estimate of drug-likeness (QED) is 0.619. The number of phenolic OH excluding ortho intramolecular Hbond substituents is 1. The minimum atomic E-state index is -0.250. The number of ether oxygens (including phenoxy) is 1. The number of rotatable bonds is 1. The van der Waals surface area contributed by atoms with Crippen LogP contribution in [0, 0.1) is 0 Å². The lowest BCUT2D eigenvalue weighted by Gasteiger charge is -1.96. The van der Waals surface area contributed by atoms with Gasteiger partial charge in [0.15, 0.2) is 0 Å². The van der Waals surface area contributed by atoms with E-state index in [-0.39, 0.29) is 12.2 Å². The molecule has 0 bridgehead atoms. The van der Waals surface area contributed by atoms with Crippen LogP contribution in [0.2, 0.25) is 0 Å². The molecule has 0 radical (unpaired) electrons. The molecule has 0 saturated heterocycles. The van der Waals surface area contributed by atoms with Crippen molar-refractivity contribution >= 4 is 6.47 Å². The Kier molecular flexibility index (Phi) is 5.17. The minimum absolute atomic E-state index is 0.250. The molecule has 1 aromatic rings. The van der Waals surface area contributed by atoms with E-state index in [1.807, 2.05) is 0 Å². The molecule has 0 aliphatic carbocycles. The third-order valence-corrected chi connectivity index (χ3v) is 1.07. The number of hydrogen-bond acceptors (Lipinski definition) is 3. The predicted molar refractivity (Wildman–Crippen MR) is 43.4 cm³/mol. The molecule has 1 aromatic carbocycles. The fourth-order valence-electron chi connectivity index (χ4n) is 0.582. The molecule has 66 valence electrons. The average molecular weight is 170 g/mol. The van der Waals surface area contributed by atoms with Crippen LogP contribution in [0.5, 0.6) is 11.5 Å². The van der Waals surface area contributed by atoms with Gasteiger partial charge in [-0.05, 0) is 24.3 Å². The minimum Gasteiger partial charge on any atom is -0.508 e. The van der Waals surface area contributed by atoms with Crippen LogP contribution in [-0.4, -0.2) is 23.8 Å². The number of carbonyl (C=O) groups is 1. The van der Waals surface area contributed by atoms with Gasteiger partial charge >= 0.3 is 0 Å². The summed E-state index contributed by atoms with van der Waals surface area (Å²) in [4.78, 5) is 8.36. The zero-order valence-corrected chi connectivity index (χ0v) is 6.60. The van der Waals surface area contributed by atoms with Gasteiger partial charge in [-0.3, -0.25) is 4.79 Å². The molecule has 0 spiro atoms. The van der Waals surface area contributed by atoms with E-state index in [1.165, 1.54) is 0 Å². The number of carboxylic acid groups (broad SMARTS) is 1. The van der Waals surface area contributed by atoms with E-state index < -0.39 is 0 Å². The van der Waals surface area contributed by atoms with Gasteiger partial charge in [-0.25, -0.2) is 0 Å². The molecular weight excluding hydrogens is 160 g/mol. The van der Waals surface area contributed by atoms with Crippen LogP contribution in [-0.2, 0) is 4.79 Å². The van der Waals surface area contributed by atoms with Crippen molar-refractivity contribution in [2.24, 2.45) is 0 Å². The molecule has 2 N–H and O–H groups in total. The Balaban J connectivity index is 0.000000354. The number of aromatic hydroxyl groups is 1. The second-order valence-corrected chi connectivity index (χ2v) is 1.80. The molecule has 0 fully saturated rings. The number of phenols is 1. The van der Waals surface area contributed by atoms with E-state index in [0.717, 1.165) is 5.75 Å². The maximum atomic E-state index is 8.80. The molecule has 12 heavy (non-hydrogen) atoms. The van der Waals surface area contributed by atoms with E-state index >= 15 is 0 Å². The summed E-state index contributed by atoms with van der Waals surface area (Å²) in [6.07, 6.45) is 0. The third kappa shape index (κ3) is 4.16. The van der Waals surface area contributed by atoms with Gasteiger partial charge in [-0.15, -0.1) is 0 Å². The van der Waals surface area contributed by atoms with Gasteiger partial charge in [0.25, 0.3) is 6.47 Å². The number of benzene rings is 1. The summed E-state index contributed by atoms with van der Waals surface area (Å²) in [5.74, 6) is 1.02. The third-order valence-electron chi connectivity index (χ3n) is 1.07. The van der Waals surface area contributed by atoms with Gasteiger partial charge in [0.05, 0.1) is 7.11 Å². The van der Waals surface area contributed by atoms with Crippen LogP contribution in [0.25, 0.3) is 0 Å². The molecular formula is C8H10O4. The van der Waals surface area contributed by atoms with Crippen molar-refractivity contribution in [3.63, 3.8) is 0 Å². The van der Waals surface area contributed by atoms with Crippen molar-refractivity contribution < 1.29 is 19.7 Å². The second kappa shape index (κ2) is 6.03. The zero-order chi connectivity index (χ0) is 9.40. The van der Waals surface area contributed by atoms with Crippen molar-refractivity contribution in [3.8, 4) is 11.5 Å². The van der Waals surface area contributed by atoms with Gasteiger partial charge in [-0.2, -0.15) is 0 Å². The Hall–Kier alpha value is -1.71. The SMILES string of the molecule is COc1ccc(O)cc1.O=CO. The lowest BCUT2D eigenvalue weighted by Crippen LogP contribution is -1.79. The molecule has 0 aliphatic rings. The van der Waals surface area contributed by atoms with Crippen molar-refractivity contribution in [1.82, 2.24) is 0 Å². The lowest BCUT2D eigenvalue weighted by atomic mass is 10.3. The van der Waals surface area contributed by atoms with E-state index in [9.17, 15) is 0 Å². The molecule has 1 rings (SSSR count). The van der Waals surface area contributed by atoms with Gasteiger partial charge in [0.1, 0.15) is 11.5 Å². The Labute approximate surface area is 70.0 Å². The van der Waals surface area contributed by atoms with Crippen LogP contribution in [0.4, 0.5) is 0 Å². The lowest BCUT2D eigenvalue weighted by molar-refractivity contribution is -0.122. The van der Waals surface area contributed by atoms with Crippen LogP contribution in [0.15, 0.2) is 24.3 Å². The first-order valence-electron chi connectivity index (χ1n) is 3.15. The van der Waals surface area contributed by atoms with Crippen LogP contribution in [0.3, 0.4) is 0 Å². The first-order chi connectivity index (χ1) is 5.74. The summed E-state index contributed by atoms with van der Waals surface area (Å²) in [5.41, 5.74) is 0. The summed E-state index contributed by atoms with van der Waals surface area (Å²) in [6.45, 7) is -0.250. The first-order valence-corrected chi connectivity index (χ1v) is 3.15. The Morgan fingerprint density at radius 1 is 1.33 bits per heavy atom. The Morgan fingerprint density at radius 2 is 1.75 bits per heavy atom. The summed E-state index contributed by atoms with van der Waals surface area (Å²) in [7, 11) is 1.59. The predicted octanol–water partition coefficient (Wildman–Crippen LogP) is 1.10. The molecule has 0 atom stereocenters. The molecule has 0 heterocycles. The Morgan fingerprint density at radius 3 is 2.08 bits per heavy atom. The molecule has 0 saturated carbocycles. The summed E-state index contributed by atoms with van der Waals surface area (Å²) < 4.78 is 4.86. The van der Waals surface area contributed by atoms with Crippen LogP contribution >= 0.6 is 0 Å². The van der Waals surface area contributed by atoms with Crippen molar-refractivity contribution in [2.45, 2.75) is 0 Å². The molecule has 4 heteroatoms. The van der Waals surface area contributed by atoms with E-state index in [0.29, 0.717) is 0 Å². The van der Waals surface area contributed by atoms with Crippen LogP contribution < -0.4 is 4.74 Å². The summed E-state index contributed by atoms with van der Waals surface area (Å²) >= 11 is 0. The van der Waals surface area contributed by atoms with Gasteiger partial charge in [0.2, 0.25) is 0 Å². The molecule has 0 aliphatic heterocycles. The van der Waals surface area contributed by atoms with Crippen molar-refractivity contribution in [1.29, 1.82) is 0 Å². The molecule has 0 unspecified atom stereocenters. The fourth-order valence-corrected chi connectivity index (χ4v) is 0.582. The second-order valence-electron chi connectivity index (χ2n) is 1.80. The average Bonchev–Trinajstić information content (AvgIpc) is 2.07. The highest BCUT2D eigenvalue weighted by Gasteiger charge is 1.87. The van der Waals surface area contributed by atoms with E-state index in [2.05, 4.69) is 0 Å². The smallest absolute Gasteiger partial charge is 0.290 e. The van der Waals surface area contributed by atoms with Gasteiger partial charge < -0.3 is 14.9 Å². The Bertz CT molecular complexity index is 217. The highest BCUT2D eigenvalue weighted by Crippen LogP contribution is 2.14. The first kappa shape index (κ1) is 10.3. The monoisotopic (exact) mass is 170 g/mol. The standard InChI is InChI=1S/C7H8O2.CH2O2/c1-9-7-4-2-6(8)3-5-7;2-1-3/h2-5,8H,1H3;1H,(H,2,3). The normalized spacial score (nSPS) is 7.75. The van der Waals surface area contributed by atoms with Crippen molar-refractivity contribution in [3.05, 3.63) is 24.3 Å². The highest BCUT2D eigenvalue weighted by molar-refractivity contribution is 5.32. The summed E-state index contributed by atoms with van der Waals surface area (Å²) in [6, 6.07) is 6.57. The van der Waals surface area contributed by atoms with Crippen molar-refractivity contribution in [2.75, 3.05) is 7.11 Å². The zero-order valence-electron chi connectivity index (χ0n) is 6.60. The fraction of sp³-hybridized carbons (Fsp3) is 0.125.